The molecule has 0 radical (unpaired) electrons. The normalized spacial score (nSPS) is 16.7. The summed E-state index contributed by atoms with van der Waals surface area (Å²) in [6.45, 7) is 5.28. The van der Waals surface area contributed by atoms with Gasteiger partial charge in [0.15, 0.2) is 17.3 Å². The third-order valence-corrected chi connectivity index (χ3v) is 6.81. The van der Waals surface area contributed by atoms with Crippen LogP contribution in [0.5, 0.6) is 11.5 Å². The molecule has 10 nitrogen and oxygen atoms in total. The highest BCUT2D eigenvalue weighted by Gasteiger charge is 2.22. The van der Waals surface area contributed by atoms with Crippen LogP contribution in [0.1, 0.15) is 31.4 Å². The van der Waals surface area contributed by atoms with E-state index in [0.29, 0.717) is 55.1 Å². The van der Waals surface area contributed by atoms with Crippen molar-refractivity contribution in [1.82, 2.24) is 25.0 Å². The number of nitrogens with zero attached hydrogens (tertiary/aromatic N) is 4. The van der Waals surface area contributed by atoms with Crippen molar-refractivity contribution < 1.29 is 19.0 Å². The van der Waals surface area contributed by atoms with Crippen molar-refractivity contribution in [3.8, 4) is 22.9 Å². The van der Waals surface area contributed by atoms with Crippen LogP contribution in [0.4, 0.5) is 0 Å². The van der Waals surface area contributed by atoms with Crippen molar-refractivity contribution in [3.63, 3.8) is 0 Å². The highest BCUT2D eigenvalue weighted by atomic mass is 16.5. The molecule has 1 aliphatic heterocycles. The summed E-state index contributed by atoms with van der Waals surface area (Å²) in [7, 11) is 3.28. The van der Waals surface area contributed by atoms with Crippen molar-refractivity contribution in [2.45, 2.75) is 32.1 Å². The molecular weight excluding hydrogens is 450 g/mol. The van der Waals surface area contributed by atoms with Gasteiger partial charge in [-0.1, -0.05) is 6.42 Å². The number of aryl methyl sites for hydroxylation is 1. The van der Waals surface area contributed by atoms with Crippen LogP contribution in [-0.4, -0.2) is 91.0 Å². The van der Waals surface area contributed by atoms with Gasteiger partial charge in [-0.15, -0.1) is 10.2 Å². The molecule has 0 atom stereocenters. The summed E-state index contributed by atoms with van der Waals surface area (Å²) in [4.78, 5) is 32.2. The molecule has 2 heterocycles. The summed E-state index contributed by atoms with van der Waals surface area (Å²) in [6.07, 6.45) is 4.17. The standard InChI is InChI=1S/C25H35N5O5/c1-33-15-14-29-10-12-30(13-11-29)23(31)9-7-20-25(32)26-24(28-27-20)19-6-8-21(22(16-19)34-2)35-17-18-4-3-5-18/h6,8,16,18H,3-5,7,9-15,17H2,1-2H3,(H,26,28,32). The number of piperazine rings is 1. The van der Waals surface area contributed by atoms with E-state index in [4.69, 9.17) is 14.2 Å². The number of benzene rings is 1. The minimum atomic E-state index is -0.337. The van der Waals surface area contributed by atoms with E-state index in [1.165, 1.54) is 19.3 Å². The van der Waals surface area contributed by atoms with Crippen LogP contribution in [0.15, 0.2) is 23.0 Å². The molecule has 2 aromatic rings. The van der Waals surface area contributed by atoms with E-state index in [-0.39, 0.29) is 30.0 Å². The lowest BCUT2D eigenvalue weighted by molar-refractivity contribution is -0.133. The number of carbonyl (C=O) groups is 1. The fraction of sp³-hybridized carbons (Fsp3) is 0.600. The van der Waals surface area contributed by atoms with Gasteiger partial charge in [0.25, 0.3) is 5.56 Å². The quantitative estimate of drug-likeness (QED) is 0.513. The first kappa shape index (κ1) is 25.1. The summed E-state index contributed by atoms with van der Waals surface area (Å²) in [5, 5.41) is 8.31. The van der Waals surface area contributed by atoms with Crippen molar-refractivity contribution in [1.29, 1.82) is 0 Å². The maximum absolute atomic E-state index is 12.6. The monoisotopic (exact) mass is 485 g/mol. The lowest BCUT2D eigenvalue weighted by atomic mass is 9.86. The van der Waals surface area contributed by atoms with E-state index in [9.17, 15) is 9.59 Å². The Bertz CT molecular complexity index is 1050. The van der Waals surface area contributed by atoms with Crippen LogP contribution in [-0.2, 0) is 16.0 Å². The maximum Gasteiger partial charge on any atom is 0.273 e. The number of aromatic amines is 1. The lowest BCUT2D eigenvalue weighted by Gasteiger charge is -2.34. The smallest absolute Gasteiger partial charge is 0.273 e. The van der Waals surface area contributed by atoms with Crippen molar-refractivity contribution in [3.05, 3.63) is 34.2 Å². The molecule has 190 valence electrons. The number of ether oxygens (including phenoxy) is 3. The third kappa shape index (κ3) is 6.58. The summed E-state index contributed by atoms with van der Waals surface area (Å²) in [5.41, 5.74) is 0.598. The van der Waals surface area contributed by atoms with Gasteiger partial charge in [-0.3, -0.25) is 14.5 Å². The zero-order valence-electron chi connectivity index (χ0n) is 20.6. The molecule has 1 saturated carbocycles. The van der Waals surface area contributed by atoms with Crippen LogP contribution in [0.2, 0.25) is 0 Å². The number of nitrogens with one attached hydrogen (secondary N) is 1. The Kier molecular flexibility index (Phi) is 8.70. The number of hydrogen-bond acceptors (Lipinski definition) is 8. The Balaban J connectivity index is 1.32. The molecule has 1 N–H and O–H groups in total. The number of hydrogen-bond donors (Lipinski definition) is 1. The molecule has 1 amide bonds. The highest BCUT2D eigenvalue weighted by Crippen LogP contribution is 2.33. The molecule has 10 heteroatoms. The molecule has 2 aliphatic rings. The number of carbonyl (C=O) groups excluding carboxylic acids is 1. The predicted molar refractivity (Wildman–Crippen MR) is 131 cm³/mol. The second kappa shape index (κ2) is 12.1. The Labute approximate surface area is 205 Å². The van der Waals surface area contributed by atoms with Crippen LogP contribution in [0.3, 0.4) is 0 Å². The van der Waals surface area contributed by atoms with Crippen molar-refractivity contribution in [2.24, 2.45) is 5.92 Å². The van der Waals surface area contributed by atoms with Crippen molar-refractivity contribution in [2.75, 3.05) is 60.2 Å². The van der Waals surface area contributed by atoms with Gasteiger partial charge < -0.3 is 24.1 Å². The van der Waals surface area contributed by atoms with Crippen LogP contribution in [0.25, 0.3) is 11.4 Å². The van der Waals surface area contributed by atoms with Gasteiger partial charge in [-0.2, -0.15) is 0 Å². The first-order chi connectivity index (χ1) is 17.1. The number of amides is 1. The van der Waals surface area contributed by atoms with Gasteiger partial charge in [0, 0.05) is 58.2 Å². The van der Waals surface area contributed by atoms with Gasteiger partial charge >= 0.3 is 0 Å². The molecule has 0 spiro atoms. The van der Waals surface area contributed by atoms with Gasteiger partial charge in [-0.05, 0) is 37.0 Å². The number of aromatic nitrogens is 3. The minimum Gasteiger partial charge on any atom is -0.493 e. The average Bonchev–Trinajstić information content (AvgIpc) is 2.86. The fourth-order valence-corrected chi connectivity index (χ4v) is 4.28. The Hall–Kier alpha value is -2.98. The molecule has 0 bridgehead atoms. The topological polar surface area (TPSA) is 110 Å². The van der Waals surface area contributed by atoms with Gasteiger partial charge in [0.05, 0.1) is 20.3 Å². The molecule has 0 unspecified atom stereocenters. The molecule has 35 heavy (non-hydrogen) atoms. The summed E-state index contributed by atoms with van der Waals surface area (Å²) in [5.74, 6) is 2.26. The largest absolute Gasteiger partial charge is 0.493 e. The van der Waals surface area contributed by atoms with Crippen molar-refractivity contribution >= 4 is 5.91 Å². The van der Waals surface area contributed by atoms with Crippen LogP contribution < -0.4 is 15.0 Å². The molecule has 1 aromatic heterocycles. The zero-order valence-corrected chi connectivity index (χ0v) is 20.6. The third-order valence-electron chi connectivity index (χ3n) is 6.81. The SMILES string of the molecule is COCCN1CCN(C(=O)CCc2nnc(-c3ccc(OCC4CCC4)c(OC)c3)[nH]c2=O)CC1. The van der Waals surface area contributed by atoms with E-state index in [0.717, 1.165) is 19.6 Å². The molecule has 4 rings (SSSR count). The number of rotatable bonds is 11. The van der Waals surface area contributed by atoms with Crippen LogP contribution in [0, 0.1) is 5.92 Å². The molecule has 1 aliphatic carbocycles. The van der Waals surface area contributed by atoms with E-state index in [1.807, 2.05) is 17.0 Å². The van der Waals surface area contributed by atoms with Gasteiger partial charge in [-0.25, -0.2) is 0 Å². The Morgan fingerprint density at radius 2 is 1.91 bits per heavy atom. The van der Waals surface area contributed by atoms with Gasteiger partial charge in [0.2, 0.25) is 5.91 Å². The minimum absolute atomic E-state index is 0.0314. The second-order valence-electron chi connectivity index (χ2n) is 9.14. The highest BCUT2D eigenvalue weighted by molar-refractivity contribution is 5.76. The van der Waals surface area contributed by atoms with E-state index >= 15 is 0 Å². The zero-order chi connectivity index (χ0) is 24.6. The number of methoxy groups -OCH3 is 2. The second-order valence-corrected chi connectivity index (χ2v) is 9.14. The average molecular weight is 486 g/mol. The van der Waals surface area contributed by atoms with Gasteiger partial charge in [0.1, 0.15) is 5.69 Å². The maximum atomic E-state index is 12.6. The first-order valence-electron chi connectivity index (χ1n) is 12.3. The summed E-state index contributed by atoms with van der Waals surface area (Å²) in [6, 6.07) is 5.44. The Morgan fingerprint density at radius 1 is 1.11 bits per heavy atom. The molecule has 2 fully saturated rings. The first-order valence-corrected chi connectivity index (χ1v) is 12.3. The Morgan fingerprint density at radius 3 is 2.57 bits per heavy atom. The predicted octanol–water partition coefficient (Wildman–Crippen LogP) is 1.74. The molecular formula is C25H35N5O5. The lowest BCUT2D eigenvalue weighted by Crippen LogP contribution is -2.49. The summed E-state index contributed by atoms with van der Waals surface area (Å²) < 4.78 is 16.5. The molecule has 1 saturated heterocycles. The van der Waals surface area contributed by atoms with E-state index in [2.05, 4.69) is 20.1 Å². The van der Waals surface area contributed by atoms with Crippen LogP contribution >= 0.6 is 0 Å². The molecule has 1 aromatic carbocycles. The number of H-pyrrole nitrogens is 1. The fourth-order valence-electron chi connectivity index (χ4n) is 4.28. The van der Waals surface area contributed by atoms with E-state index in [1.54, 1.807) is 20.3 Å². The van der Waals surface area contributed by atoms with E-state index < -0.39 is 0 Å². The summed E-state index contributed by atoms with van der Waals surface area (Å²) >= 11 is 0.